The molecule has 0 aliphatic heterocycles. The number of ether oxygens (including phenoxy) is 1. The molecular weight excluding hydrogens is 212 g/mol. The molecule has 0 saturated heterocycles. The number of nitrogens with zero attached hydrogens (tertiary/aromatic N) is 1. The first kappa shape index (κ1) is 9.90. The van der Waals surface area contributed by atoms with Crippen LogP contribution in [0.25, 0.3) is 22.3 Å². The van der Waals surface area contributed by atoms with Crippen molar-refractivity contribution in [1.82, 2.24) is 9.97 Å². The summed E-state index contributed by atoms with van der Waals surface area (Å²) in [7, 11) is 1.68. The maximum absolute atomic E-state index is 5.36. The fraction of sp³-hybridized carbons (Fsp3) is 0.0714. The molecule has 0 unspecified atom stereocenters. The summed E-state index contributed by atoms with van der Waals surface area (Å²) in [5.74, 6) is 0.860. The summed E-state index contributed by atoms with van der Waals surface area (Å²) in [4.78, 5) is 7.58. The van der Waals surface area contributed by atoms with E-state index in [-0.39, 0.29) is 0 Å². The van der Waals surface area contributed by atoms with E-state index in [1.54, 1.807) is 13.3 Å². The smallest absolute Gasteiger partial charge is 0.137 e. The van der Waals surface area contributed by atoms with Gasteiger partial charge < -0.3 is 9.72 Å². The van der Waals surface area contributed by atoms with Gasteiger partial charge in [0, 0.05) is 17.1 Å². The monoisotopic (exact) mass is 224 g/mol. The van der Waals surface area contributed by atoms with Crippen molar-refractivity contribution in [3.05, 3.63) is 48.7 Å². The van der Waals surface area contributed by atoms with Crippen LogP contribution in [-0.2, 0) is 0 Å². The third-order valence-corrected chi connectivity index (χ3v) is 2.79. The Labute approximate surface area is 99.1 Å². The fourth-order valence-corrected chi connectivity index (χ4v) is 1.97. The maximum Gasteiger partial charge on any atom is 0.137 e. The Morgan fingerprint density at radius 3 is 2.82 bits per heavy atom. The number of para-hydroxylation sites is 1. The maximum atomic E-state index is 5.36. The lowest BCUT2D eigenvalue weighted by molar-refractivity contribution is 0.416. The van der Waals surface area contributed by atoms with Gasteiger partial charge in [0.15, 0.2) is 0 Å². The van der Waals surface area contributed by atoms with Crippen molar-refractivity contribution >= 4 is 11.0 Å². The number of H-pyrrole nitrogens is 1. The summed E-state index contributed by atoms with van der Waals surface area (Å²) < 4.78 is 5.36. The highest BCUT2D eigenvalue weighted by atomic mass is 16.5. The Balaban J connectivity index is 2.20. The molecule has 2 heterocycles. The van der Waals surface area contributed by atoms with E-state index in [0.29, 0.717) is 0 Å². The van der Waals surface area contributed by atoms with E-state index in [4.69, 9.17) is 4.74 Å². The van der Waals surface area contributed by atoms with Crippen LogP contribution in [0.5, 0.6) is 5.75 Å². The molecule has 1 aromatic carbocycles. The van der Waals surface area contributed by atoms with Crippen molar-refractivity contribution in [2.75, 3.05) is 7.11 Å². The number of rotatable bonds is 2. The number of nitrogens with one attached hydrogen (secondary N) is 1. The SMILES string of the molecule is COc1ccccc1-c1cc2cccnc2[nH]1. The largest absolute Gasteiger partial charge is 0.496 e. The molecule has 0 atom stereocenters. The molecule has 1 N–H and O–H groups in total. The molecular formula is C14H12N2O. The van der Waals surface area contributed by atoms with E-state index in [9.17, 15) is 0 Å². The van der Waals surface area contributed by atoms with Crippen LogP contribution in [0.2, 0.25) is 0 Å². The molecule has 0 aliphatic carbocycles. The Kier molecular flexibility index (Phi) is 2.29. The van der Waals surface area contributed by atoms with Gasteiger partial charge in [0.2, 0.25) is 0 Å². The summed E-state index contributed by atoms with van der Waals surface area (Å²) in [5.41, 5.74) is 2.97. The second-order valence-corrected chi connectivity index (χ2v) is 3.82. The van der Waals surface area contributed by atoms with Gasteiger partial charge in [-0.25, -0.2) is 4.98 Å². The Morgan fingerprint density at radius 1 is 1.12 bits per heavy atom. The Morgan fingerprint density at radius 2 is 2.00 bits per heavy atom. The Bertz CT molecular complexity index is 625. The van der Waals surface area contributed by atoms with Crippen LogP contribution in [0.3, 0.4) is 0 Å². The molecule has 84 valence electrons. The lowest BCUT2D eigenvalue weighted by Gasteiger charge is -2.05. The molecule has 17 heavy (non-hydrogen) atoms. The number of fused-ring (bicyclic) bond motifs is 1. The molecule has 2 aromatic heterocycles. The van der Waals surface area contributed by atoms with Crippen molar-refractivity contribution in [1.29, 1.82) is 0 Å². The van der Waals surface area contributed by atoms with Crippen molar-refractivity contribution in [2.45, 2.75) is 0 Å². The summed E-state index contributed by atoms with van der Waals surface area (Å²) in [6, 6.07) is 14.0. The normalized spacial score (nSPS) is 10.6. The van der Waals surface area contributed by atoms with Gasteiger partial charge in [-0.3, -0.25) is 0 Å². The third kappa shape index (κ3) is 1.65. The molecule has 0 saturated carbocycles. The minimum Gasteiger partial charge on any atom is -0.496 e. The van der Waals surface area contributed by atoms with Crippen LogP contribution in [0.15, 0.2) is 48.7 Å². The number of aromatic amines is 1. The number of benzene rings is 1. The highest BCUT2D eigenvalue weighted by Crippen LogP contribution is 2.30. The molecule has 0 spiro atoms. The zero-order valence-corrected chi connectivity index (χ0v) is 9.47. The van der Waals surface area contributed by atoms with Crippen LogP contribution in [-0.4, -0.2) is 17.1 Å². The van der Waals surface area contributed by atoms with Gasteiger partial charge in [-0.1, -0.05) is 12.1 Å². The van der Waals surface area contributed by atoms with E-state index < -0.39 is 0 Å². The quantitative estimate of drug-likeness (QED) is 0.725. The summed E-state index contributed by atoms with van der Waals surface area (Å²) in [6.45, 7) is 0. The molecule has 3 rings (SSSR count). The van der Waals surface area contributed by atoms with E-state index in [1.807, 2.05) is 36.4 Å². The first-order valence-corrected chi connectivity index (χ1v) is 5.45. The molecule has 0 aliphatic rings. The van der Waals surface area contributed by atoms with Gasteiger partial charge in [-0.15, -0.1) is 0 Å². The second kappa shape index (κ2) is 3.94. The average molecular weight is 224 g/mol. The van der Waals surface area contributed by atoms with E-state index >= 15 is 0 Å². The zero-order chi connectivity index (χ0) is 11.7. The summed E-state index contributed by atoms with van der Waals surface area (Å²) in [6.07, 6.45) is 1.78. The van der Waals surface area contributed by atoms with Crippen molar-refractivity contribution in [2.24, 2.45) is 0 Å². The Hall–Kier alpha value is -2.29. The van der Waals surface area contributed by atoms with Crippen LogP contribution >= 0.6 is 0 Å². The number of hydrogen-bond acceptors (Lipinski definition) is 2. The standard InChI is InChI=1S/C14H12N2O/c1-17-13-7-3-2-6-11(13)12-9-10-5-4-8-15-14(10)16-12/h2-9H,1H3,(H,15,16). The minimum atomic E-state index is 0.860. The molecule has 3 nitrogen and oxygen atoms in total. The minimum absolute atomic E-state index is 0.860. The van der Waals surface area contributed by atoms with Gasteiger partial charge in [-0.2, -0.15) is 0 Å². The van der Waals surface area contributed by atoms with Crippen LogP contribution < -0.4 is 4.74 Å². The summed E-state index contributed by atoms with van der Waals surface area (Å²) in [5, 5.41) is 1.11. The fourth-order valence-electron chi connectivity index (χ4n) is 1.97. The van der Waals surface area contributed by atoms with Gasteiger partial charge in [0.05, 0.1) is 12.8 Å². The van der Waals surface area contributed by atoms with Gasteiger partial charge >= 0.3 is 0 Å². The topological polar surface area (TPSA) is 37.9 Å². The van der Waals surface area contributed by atoms with Crippen LogP contribution in [0.4, 0.5) is 0 Å². The van der Waals surface area contributed by atoms with E-state index in [2.05, 4.69) is 16.0 Å². The number of aromatic nitrogens is 2. The van der Waals surface area contributed by atoms with Crippen molar-refractivity contribution in [3.63, 3.8) is 0 Å². The van der Waals surface area contributed by atoms with Crippen LogP contribution in [0.1, 0.15) is 0 Å². The molecule has 0 amide bonds. The van der Waals surface area contributed by atoms with Crippen molar-refractivity contribution < 1.29 is 4.74 Å². The first-order chi connectivity index (χ1) is 8.38. The van der Waals surface area contributed by atoms with Gasteiger partial charge in [-0.05, 0) is 30.3 Å². The third-order valence-electron chi connectivity index (χ3n) is 2.79. The highest BCUT2D eigenvalue weighted by Gasteiger charge is 2.07. The zero-order valence-electron chi connectivity index (χ0n) is 9.47. The highest BCUT2D eigenvalue weighted by molar-refractivity contribution is 5.84. The molecule has 0 fully saturated rings. The lowest BCUT2D eigenvalue weighted by Crippen LogP contribution is -1.87. The second-order valence-electron chi connectivity index (χ2n) is 3.82. The summed E-state index contributed by atoms with van der Waals surface area (Å²) >= 11 is 0. The van der Waals surface area contributed by atoms with E-state index in [0.717, 1.165) is 28.0 Å². The number of pyridine rings is 1. The number of methoxy groups -OCH3 is 1. The predicted octanol–water partition coefficient (Wildman–Crippen LogP) is 3.24. The molecule has 3 heteroatoms. The van der Waals surface area contributed by atoms with Crippen molar-refractivity contribution in [3.8, 4) is 17.0 Å². The average Bonchev–Trinajstić information content (AvgIpc) is 2.82. The van der Waals surface area contributed by atoms with Gasteiger partial charge in [0.25, 0.3) is 0 Å². The molecule has 3 aromatic rings. The van der Waals surface area contributed by atoms with Crippen LogP contribution in [0, 0.1) is 0 Å². The van der Waals surface area contributed by atoms with Gasteiger partial charge in [0.1, 0.15) is 11.4 Å². The van der Waals surface area contributed by atoms with E-state index in [1.165, 1.54) is 0 Å². The first-order valence-electron chi connectivity index (χ1n) is 5.45. The number of hydrogen-bond donors (Lipinski definition) is 1. The molecule has 0 bridgehead atoms. The lowest BCUT2D eigenvalue weighted by atomic mass is 10.1. The predicted molar refractivity (Wildman–Crippen MR) is 68.1 cm³/mol. The molecule has 0 radical (unpaired) electrons.